The van der Waals surface area contributed by atoms with Gasteiger partial charge in [-0.25, -0.2) is 13.3 Å². The fraction of sp³-hybridized carbons (Fsp3) is 0.217. The van der Waals surface area contributed by atoms with E-state index in [0.29, 0.717) is 27.3 Å². The molecule has 0 bridgehead atoms. The number of benzene rings is 2. The van der Waals surface area contributed by atoms with Crippen molar-refractivity contribution in [1.82, 2.24) is 9.78 Å². The highest BCUT2D eigenvalue weighted by atomic mass is 32.2. The minimum Gasteiger partial charge on any atom is -0.285 e. The van der Waals surface area contributed by atoms with Gasteiger partial charge < -0.3 is 0 Å². The highest BCUT2D eigenvalue weighted by Gasteiger charge is 2.18. The Balaban J connectivity index is 1.72. The van der Waals surface area contributed by atoms with Crippen LogP contribution in [0.4, 0.5) is 10.2 Å². The average molecular weight is 440 g/mol. The van der Waals surface area contributed by atoms with Crippen LogP contribution in [0.3, 0.4) is 0 Å². The first kappa shape index (κ1) is 21.0. The second-order valence-electron chi connectivity index (χ2n) is 8.27. The number of anilines is 1. The molecule has 6 nitrogen and oxygen atoms in total. The smallest absolute Gasteiger partial charge is 0.266 e. The number of nitrogens with zero attached hydrogens (tertiary/aromatic N) is 3. The summed E-state index contributed by atoms with van der Waals surface area (Å²) in [6.45, 7) is 5.61. The molecule has 1 atom stereocenters. The monoisotopic (exact) mass is 439 g/mol. The zero-order valence-corrected chi connectivity index (χ0v) is 18.4. The zero-order chi connectivity index (χ0) is 22.2. The Labute approximate surface area is 182 Å². The third-order valence-electron chi connectivity index (χ3n) is 5.05. The molecule has 4 aromatic rings. The van der Waals surface area contributed by atoms with Gasteiger partial charge in [-0.1, -0.05) is 39.0 Å². The summed E-state index contributed by atoms with van der Waals surface area (Å²) in [7, 11) is -1.57. The van der Waals surface area contributed by atoms with E-state index in [1.807, 2.05) is 36.4 Å². The number of alkyl halides is 1. The minimum atomic E-state index is -1.57. The molecule has 4 rings (SSSR count). The van der Waals surface area contributed by atoms with E-state index in [1.165, 1.54) is 16.9 Å². The Bertz CT molecular complexity index is 1260. The molecule has 0 amide bonds. The van der Waals surface area contributed by atoms with E-state index in [-0.39, 0.29) is 11.1 Å². The van der Waals surface area contributed by atoms with Crippen LogP contribution < -0.4 is 9.45 Å². The van der Waals surface area contributed by atoms with Crippen LogP contribution in [0, 0.1) is 0 Å². The third kappa shape index (κ3) is 4.16. The van der Waals surface area contributed by atoms with Crippen LogP contribution in [0.1, 0.15) is 32.0 Å². The van der Waals surface area contributed by atoms with Gasteiger partial charge in [0.15, 0.2) is 11.0 Å². The van der Waals surface area contributed by atoms with Gasteiger partial charge in [0, 0.05) is 22.9 Å². The quantitative estimate of drug-likeness (QED) is 0.356. The molecular weight excluding hydrogens is 415 g/mol. The molecule has 0 aliphatic heterocycles. The fourth-order valence-electron chi connectivity index (χ4n) is 3.38. The number of aromatic nitrogens is 3. The lowest BCUT2D eigenvalue weighted by molar-refractivity contribution is -0.884. The van der Waals surface area contributed by atoms with E-state index in [1.54, 1.807) is 18.2 Å². The van der Waals surface area contributed by atoms with Crippen LogP contribution in [-0.4, -0.2) is 19.2 Å². The molecular formula is C23H24FN4O2S+. The van der Waals surface area contributed by atoms with Crippen molar-refractivity contribution in [1.29, 1.82) is 0 Å². The van der Waals surface area contributed by atoms with Gasteiger partial charge in [-0.2, -0.15) is 5.10 Å². The lowest BCUT2D eigenvalue weighted by Crippen LogP contribution is -2.30. The molecule has 0 fully saturated rings. The summed E-state index contributed by atoms with van der Waals surface area (Å²) in [5, 5.41) is 15.1. The van der Waals surface area contributed by atoms with E-state index in [4.69, 9.17) is 0 Å². The number of hydrogen-bond acceptors (Lipinski definition) is 3. The van der Waals surface area contributed by atoms with Gasteiger partial charge >= 0.3 is 0 Å². The summed E-state index contributed by atoms with van der Waals surface area (Å²) >= 11 is 0. The summed E-state index contributed by atoms with van der Waals surface area (Å²) in [5.41, 5.74) is 2.56. The highest BCUT2D eigenvalue weighted by Crippen LogP contribution is 2.26. The first-order valence-corrected chi connectivity index (χ1v) is 11.0. The molecule has 160 valence electrons. The Morgan fingerprint density at radius 1 is 1.13 bits per heavy atom. The van der Waals surface area contributed by atoms with Gasteiger partial charge in [0.1, 0.15) is 12.5 Å². The van der Waals surface area contributed by atoms with Crippen molar-refractivity contribution < 1.29 is 18.5 Å². The maximum atomic E-state index is 13.4. The first-order valence-electron chi connectivity index (χ1n) is 9.85. The molecule has 8 heteroatoms. The summed E-state index contributed by atoms with van der Waals surface area (Å²) in [6, 6.07) is 18.0. The summed E-state index contributed by atoms with van der Waals surface area (Å²) in [6.07, 6.45) is 1.53. The lowest BCUT2D eigenvalue weighted by atomic mass is 9.87. The van der Waals surface area contributed by atoms with E-state index in [2.05, 4.69) is 30.6 Å². The van der Waals surface area contributed by atoms with Crippen LogP contribution in [0.15, 0.2) is 71.8 Å². The first-order chi connectivity index (χ1) is 14.8. The molecule has 31 heavy (non-hydrogen) atoms. The van der Waals surface area contributed by atoms with Crippen molar-refractivity contribution in [3.63, 3.8) is 0 Å². The van der Waals surface area contributed by atoms with Crippen molar-refractivity contribution in [2.24, 2.45) is 0 Å². The standard InChI is InChI=1S/C23H24FN4O2S/c1-23(2,3)16-9-11-18(12-10-16)31(30)26-22-14-17(15-24)25-28(22)21-8-4-7-20-19(21)6-5-13-27(20)29/h4-14,26,29H,15H2,1-3H3/q+1. The number of hydrogen-bond donors (Lipinski definition) is 2. The van der Waals surface area contributed by atoms with E-state index in [0.717, 1.165) is 10.3 Å². The van der Waals surface area contributed by atoms with Gasteiger partial charge in [-0.15, -0.1) is 0 Å². The van der Waals surface area contributed by atoms with Crippen LogP contribution >= 0.6 is 0 Å². The molecule has 0 radical (unpaired) electrons. The van der Waals surface area contributed by atoms with Crippen molar-refractivity contribution in [2.75, 3.05) is 4.72 Å². The highest BCUT2D eigenvalue weighted by molar-refractivity contribution is 7.86. The largest absolute Gasteiger partial charge is 0.285 e. The maximum Gasteiger partial charge on any atom is 0.266 e. The van der Waals surface area contributed by atoms with Crippen LogP contribution in [0.5, 0.6) is 0 Å². The summed E-state index contributed by atoms with van der Waals surface area (Å²) in [5.74, 6) is 0.395. The predicted molar refractivity (Wildman–Crippen MR) is 118 cm³/mol. The SMILES string of the molecule is CC(C)(C)c1ccc(S(=O)Nc2cc(CF)nn2-c2cccc3c2ccc[n+]3O)cc1. The summed E-state index contributed by atoms with van der Waals surface area (Å²) in [4.78, 5) is 0.605. The van der Waals surface area contributed by atoms with E-state index < -0.39 is 17.7 Å². The lowest BCUT2D eigenvalue weighted by Gasteiger charge is -2.19. The van der Waals surface area contributed by atoms with Gasteiger partial charge in [-0.05, 0) is 35.2 Å². The van der Waals surface area contributed by atoms with E-state index >= 15 is 0 Å². The second-order valence-corrected chi connectivity index (χ2v) is 9.49. The molecule has 0 saturated heterocycles. The average Bonchev–Trinajstić information content (AvgIpc) is 3.16. The molecule has 0 aliphatic rings. The Kier molecular flexibility index (Phi) is 5.49. The zero-order valence-electron chi connectivity index (χ0n) is 17.5. The van der Waals surface area contributed by atoms with Gasteiger partial charge in [0.25, 0.3) is 5.52 Å². The number of nitrogens with one attached hydrogen (secondary N) is 1. The van der Waals surface area contributed by atoms with Crippen molar-refractivity contribution >= 4 is 27.7 Å². The maximum absolute atomic E-state index is 13.4. The molecule has 2 aromatic carbocycles. The molecule has 0 spiro atoms. The Morgan fingerprint density at radius 3 is 2.55 bits per heavy atom. The summed E-state index contributed by atoms with van der Waals surface area (Å²) < 4.78 is 31.9. The van der Waals surface area contributed by atoms with Gasteiger partial charge in [0.2, 0.25) is 6.20 Å². The number of fused-ring (bicyclic) bond motifs is 1. The molecule has 2 aromatic heterocycles. The molecule has 1 unspecified atom stereocenters. The third-order valence-corrected chi connectivity index (χ3v) is 6.15. The fourth-order valence-corrected chi connectivity index (χ4v) is 4.22. The topological polar surface area (TPSA) is 71.0 Å². The number of rotatable bonds is 5. The predicted octanol–water partition coefficient (Wildman–Crippen LogP) is 4.45. The second kappa shape index (κ2) is 8.11. The van der Waals surface area contributed by atoms with Gasteiger partial charge in [-0.3, -0.25) is 9.93 Å². The van der Waals surface area contributed by atoms with Crippen LogP contribution in [-0.2, 0) is 23.1 Å². The van der Waals surface area contributed by atoms with Crippen molar-refractivity contribution in [3.8, 4) is 5.69 Å². The van der Waals surface area contributed by atoms with Crippen molar-refractivity contribution in [3.05, 3.63) is 78.1 Å². The molecule has 0 aliphatic carbocycles. The normalized spacial score (nSPS) is 12.8. The Morgan fingerprint density at radius 2 is 1.87 bits per heavy atom. The molecule has 2 N–H and O–H groups in total. The van der Waals surface area contributed by atoms with Crippen molar-refractivity contribution in [2.45, 2.75) is 37.8 Å². The minimum absolute atomic E-state index is 0.0000342. The number of pyridine rings is 1. The van der Waals surface area contributed by atoms with Crippen LogP contribution in [0.2, 0.25) is 0 Å². The van der Waals surface area contributed by atoms with E-state index in [9.17, 15) is 13.8 Å². The van der Waals surface area contributed by atoms with Gasteiger partial charge in [0.05, 0.1) is 21.7 Å². The van der Waals surface area contributed by atoms with Crippen LogP contribution in [0.25, 0.3) is 16.6 Å². The molecule has 0 saturated carbocycles. The Hall–Kier alpha value is -3.26. The molecule has 2 heterocycles. The number of halogens is 1.